The van der Waals surface area contributed by atoms with Crippen molar-refractivity contribution in [2.75, 3.05) is 7.11 Å². The second kappa shape index (κ2) is 7.84. The average molecular weight is 370 g/mol. The summed E-state index contributed by atoms with van der Waals surface area (Å²) in [6.45, 7) is 1.64. The van der Waals surface area contributed by atoms with Crippen LogP contribution in [-0.4, -0.2) is 37.4 Å². The molecule has 0 radical (unpaired) electrons. The number of carbonyl (C=O) groups is 2. The number of hydrogen-bond donors (Lipinski definition) is 0. The Morgan fingerprint density at radius 2 is 1.88 bits per heavy atom. The molecule has 1 aliphatic rings. The molecule has 0 spiro atoms. The van der Waals surface area contributed by atoms with E-state index in [2.05, 4.69) is 4.74 Å². The summed E-state index contributed by atoms with van der Waals surface area (Å²) in [5.74, 6) is -2.10. The summed E-state index contributed by atoms with van der Waals surface area (Å²) in [5, 5.41) is 0. The van der Waals surface area contributed by atoms with E-state index >= 15 is 0 Å². The summed E-state index contributed by atoms with van der Waals surface area (Å²) in [7, 11) is 0.769. The van der Waals surface area contributed by atoms with Gasteiger partial charge in [-0.2, -0.15) is 13.2 Å². The maximum Gasteiger partial charge on any atom is 0.432 e. The van der Waals surface area contributed by atoms with Gasteiger partial charge in [-0.15, -0.1) is 0 Å². The minimum atomic E-state index is -5.09. The largest absolute Gasteiger partial charge is 0.432 e. The standard InChI is InChI=1S/C18H17F3O5/c1-3-7-14-13(22)10-11-15(25-14)26-16(23)17(24-2,18(19,20)21)12-8-5-4-6-9-12/h3-11,14-15H,1-2H3/b7-3+/t14-,15?,17-/m0/s1. The number of carbonyl (C=O) groups excluding carboxylic acids is 2. The number of ether oxygens (including phenoxy) is 3. The van der Waals surface area contributed by atoms with Gasteiger partial charge in [-0.25, -0.2) is 4.79 Å². The van der Waals surface area contributed by atoms with Crippen molar-refractivity contribution in [2.45, 2.75) is 31.1 Å². The van der Waals surface area contributed by atoms with E-state index in [1.807, 2.05) is 0 Å². The molecule has 0 amide bonds. The molecule has 1 aromatic rings. The Bertz CT molecular complexity index is 711. The number of esters is 1. The molecule has 0 aliphatic carbocycles. The van der Waals surface area contributed by atoms with Crippen LogP contribution in [0.5, 0.6) is 0 Å². The van der Waals surface area contributed by atoms with Crippen LogP contribution in [0.3, 0.4) is 0 Å². The Labute approximate surface area is 148 Å². The molecular formula is C18H17F3O5. The molecule has 0 saturated heterocycles. The molecule has 8 heteroatoms. The van der Waals surface area contributed by atoms with Crippen molar-refractivity contribution in [1.82, 2.24) is 0 Å². The normalized spacial score (nSPS) is 23.0. The van der Waals surface area contributed by atoms with Crippen LogP contribution in [0.1, 0.15) is 12.5 Å². The van der Waals surface area contributed by atoms with Crippen molar-refractivity contribution in [3.05, 3.63) is 60.2 Å². The topological polar surface area (TPSA) is 61.8 Å². The SMILES string of the molecule is C/C=C/[C@@H]1OC(OC(=O)[C@@](OC)(c2ccccc2)C(F)(F)F)C=CC1=O. The minimum absolute atomic E-state index is 0.410. The summed E-state index contributed by atoms with van der Waals surface area (Å²) in [5.41, 5.74) is -3.75. The zero-order chi connectivity index (χ0) is 19.4. The predicted octanol–water partition coefficient (Wildman–Crippen LogP) is 3.06. The van der Waals surface area contributed by atoms with Crippen LogP contribution in [0.25, 0.3) is 0 Å². The molecule has 0 N–H and O–H groups in total. The second-order valence-corrected chi connectivity index (χ2v) is 5.37. The van der Waals surface area contributed by atoms with Crippen molar-refractivity contribution in [2.24, 2.45) is 0 Å². The maximum atomic E-state index is 13.8. The minimum Gasteiger partial charge on any atom is -0.429 e. The van der Waals surface area contributed by atoms with Crippen LogP contribution in [0.15, 0.2) is 54.6 Å². The van der Waals surface area contributed by atoms with E-state index in [9.17, 15) is 22.8 Å². The first-order chi connectivity index (χ1) is 12.3. The fourth-order valence-electron chi connectivity index (χ4n) is 2.48. The Hall–Kier alpha value is -2.45. The molecule has 5 nitrogen and oxygen atoms in total. The number of halogens is 3. The molecule has 2 rings (SSSR count). The third-order valence-corrected chi connectivity index (χ3v) is 3.74. The summed E-state index contributed by atoms with van der Waals surface area (Å²) in [4.78, 5) is 24.1. The van der Waals surface area contributed by atoms with E-state index in [4.69, 9.17) is 9.47 Å². The number of ketones is 1. The molecule has 3 atom stereocenters. The molecule has 26 heavy (non-hydrogen) atoms. The van der Waals surface area contributed by atoms with Crippen molar-refractivity contribution >= 4 is 11.8 Å². The van der Waals surface area contributed by atoms with E-state index in [0.717, 1.165) is 31.4 Å². The number of alkyl halides is 3. The molecule has 0 bridgehead atoms. The zero-order valence-electron chi connectivity index (χ0n) is 14.0. The Balaban J connectivity index is 2.34. The van der Waals surface area contributed by atoms with Crippen molar-refractivity contribution in [1.29, 1.82) is 0 Å². The summed E-state index contributed by atoms with van der Waals surface area (Å²) >= 11 is 0. The highest BCUT2D eigenvalue weighted by molar-refractivity contribution is 5.95. The first-order valence-electron chi connectivity index (χ1n) is 7.65. The van der Waals surface area contributed by atoms with Crippen LogP contribution < -0.4 is 0 Å². The number of methoxy groups -OCH3 is 1. The average Bonchev–Trinajstić information content (AvgIpc) is 2.59. The van der Waals surface area contributed by atoms with E-state index in [1.54, 1.807) is 13.0 Å². The lowest BCUT2D eigenvalue weighted by molar-refractivity contribution is -0.283. The Morgan fingerprint density at radius 1 is 1.23 bits per heavy atom. The Morgan fingerprint density at radius 3 is 2.42 bits per heavy atom. The van der Waals surface area contributed by atoms with Crippen LogP contribution in [-0.2, 0) is 29.4 Å². The zero-order valence-corrected chi connectivity index (χ0v) is 14.0. The van der Waals surface area contributed by atoms with Crippen LogP contribution in [0.4, 0.5) is 13.2 Å². The fraction of sp³-hybridized carbons (Fsp3) is 0.333. The lowest BCUT2D eigenvalue weighted by Crippen LogP contribution is -2.53. The van der Waals surface area contributed by atoms with Gasteiger partial charge in [-0.3, -0.25) is 4.79 Å². The van der Waals surface area contributed by atoms with E-state index in [-0.39, 0.29) is 0 Å². The molecular weight excluding hydrogens is 353 g/mol. The predicted molar refractivity (Wildman–Crippen MR) is 84.9 cm³/mol. The smallest absolute Gasteiger partial charge is 0.429 e. The number of benzene rings is 1. The van der Waals surface area contributed by atoms with Gasteiger partial charge in [0.1, 0.15) is 6.10 Å². The molecule has 1 heterocycles. The molecule has 140 valence electrons. The first kappa shape index (κ1) is 19.9. The van der Waals surface area contributed by atoms with Crippen LogP contribution in [0, 0.1) is 0 Å². The molecule has 0 saturated carbocycles. The maximum absolute atomic E-state index is 13.8. The fourth-order valence-corrected chi connectivity index (χ4v) is 2.48. The summed E-state index contributed by atoms with van der Waals surface area (Å²) < 4.78 is 56.0. The van der Waals surface area contributed by atoms with Gasteiger partial charge in [0, 0.05) is 12.7 Å². The molecule has 0 fully saturated rings. The van der Waals surface area contributed by atoms with E-state index < -0.39 is 41.5 Å². The number of rotatable bonds is 5. The van der Waals surface area contributed by atoms with Gasteiger partial charge in [0.2, 0.25) is 6.29 Å². The highest BCUT2D eigenvalue weighted by Gasteiger charge is 2.64. The summed E-state index contributed by atoms with van der Waals surface area (Å²) in [6, 6.07) is 6.43. The molecule has 1 aliphatic heterocycles. The van der Waals surface area contributed by atoms with Gasteiger partial charge in [0.15, 0.2) is 5.78 Å². The van der Waals surface area contributed by atoms with E-state index in [1.165, 1.54) is 24.3 Å². The monoisotopic (exact) mass is 370 g/mol. The molecule has 0 aromatic heterocycles. The Kier molecular flexibility index (Phi) is 5.99. The van der Waals surface area contributed by atoms with Gasteiger partial charge in [-0.1, -0.05) is 42.5 Å². The van der Waals surface area contributed by atoms with Gasteiger partial charge in [0.05, 0.1) is 0 Å². The highest BCUT2D eigenvalue weighted by Crippen LogP contribution is 2.43. The third kappa shape index (κ3) is 3.71. The van der Waals surface area contributed by atoms with Gasteiger partial charge < -0.3 is 14.2 Å². The quantitative estimate of drug-likeness (QED) is 0.589. The van der Waals surface area contributed by atoms with Gasteiger partial charge >= 0.3 is 12.1 Å². The van der Waals surface area contributed by atoms with Crippen molar-refractivity contribution in [3.63, 3.8) is 0 Å². The van der Waals surface area contributed by atoms with Gasteiger partial charge in [-0.05, 0) is 19.1 Å². The third-order valence-electron chi connectivity index (χ3n) is 3.74. The van der Waals surface area contributed by atoms with Gasteiger partial charge in [0.25, 0.3) is 5.60 Å². The lowest BCUT2D eigenvalue weighted by Gasteiger charge is -2.34. The summed E-state index contributed by atoms with van der Waals surface area (Å²) in [6.07, 6.45) is -2.48. The van der Waals surface area contributed by atoms with Crippen LogP contribution in [0.2, 0.25) is 0 Å². The molecule has 1 aromatic carbocycles. The van der Waals surface area contributed by atoms with Crippen molar-refractivity contribution in [3.8, 4) is 0 Å². The second-order valence-electron chi connectivity index (χ2n) is 5.37. The number of allylic oxidation sites excluding steroid dienone is 1. The first-order valence-corrected chi connectivity index (χ1v) is 7.65. The highest BCUT2D eigenvalue weighted by atomic mass is 19.4. The van der Waals surface area contributed by atoms with Crippen LogP contribution >= 0.6 is 0 Å². The van der Waals surface area contributed by atoms with Crippen molar-refractivity contribution < 1.29 is 37.0 Å². The number of hydrogen-bond acceptors (Lipinski definition) is 5. The lowest BCUT2D eigenvalue weighted by atomic mass is 9.92. The molecule has 1 unspecified atom stereocenters. The van der Waals surface area contributed by atoms with E-state index in [0.29, 0.717) is 0 Å².